The molecule has 0 radical (unpaired) electrons. The third kappa shape index (κ3) is 3.76. The van der Waals surface area contributed by atoms with E-state index in [1.54, 1.807) is 0 Å². The molecule has 3 rings (SSSR count). The summed E-state index contributed by atoms with van der Waals surface area (Å²) in [4.78, 5) is 29.4. The molecule has 2 heterocycles. The quantitative estimate of drug-likeness (QED) is 0.691. The topological polar surface area (TPSA) is 89.8 Å². The van der Waals surface area contributed by atoms with E-state index < -0.39 is 0 Å². The van der Waals surface area contributed by atoms with Crippen LogP contribution in [0.2, 0.25) is 0 Å². The van der Waals surface area contributed by atoms with Gasteiger partial charge in [-0.1, -0.05) is 0 Å². The number of anilines is 1. The van der Waals surface area contributed by atoms with Gasteiger partial charge in [-0.2, -0.15) is 0 Å². The summed E-state index contributed by atoms with van der Waals surface area (Å²) in [6.45, 7) is 5.90. The zero-order chi connectivity index (χ0) is 15.7. The highest BCUT2D eigenvalue weighted by molar-refractivity contribution is 6.01. The molecule has 0 atom stereocenters. The fourth-order valence-electron chi connectivity index (χ4n) is 3.11. The minimum absolute atomic E-state index is 0. The van der Waals surface area contributed by atoms with E-state index in [4.69, 9.17) is 0 Å². The average molecular weight is 339 g/mol. The number of carbonyl (C=O) groups is 1. The fourth-order valence-corrected chi connectivity index (χ4v) is 3.11. The zero-order valence-electron chi connectivity index (χ0n) is 13.4. The van der Waals surface area contributed by atoms with Crippen LogP contribution in [0.4, 0.5) is 5.69 Å². The second-order valence-electron chi connectivity index (χ2n) is 6.14. The predicted molar refractivity (Wildman–Crippen MR) is 94.5 cm³/mol. The lowest BCUT2D eigenvalue weighted by molar-refractivity contribution is -0.117. The third-order valence-corrected chi connectivity index (χ3v) is 4.53. The van der Waals surface area contributed by atoms with Crippen molar-refractivity contribution < 1.29 is 4.79 Å². The van der Waals surface area contributed by atoms with Crippen LogP contribution >= 0.6 is 12.4 Å². The molecule has 1 aromatic carbocycles. The van der Waals surface area contributed by atoms with Gasteiger partial charge >= 0.3 is 5.69 Å². The number of fused-ring (bicyclic) bond motifs is 1. The number of hydrogen-bond donors (Lipinski definition) is 4. The normalized spacial score (nSPS) is 15.4. The molecule has 1 saturated heterocycles. The Bertz CT molecular complexity index is 759. The Labute approximate surface area is 140 Å². The molecule has 1 aliphatic rings. The van der Waals surface area contributed by atoms with Crippen LogP contribution in [0.1, 0.15) is 30.4 Å². The molecule has 1 aromatic heterocycles. The van der Waals surface area contributed by atoms with Gasteiger partial charge in [-0.05, 0) is 62.9 Å². The molecule has 2 aromatic rings. The van der Waals surface area contributed by atoms with Gasteiger partial charge in [0.1, 0.15) is 0 Å². The summed E-state index contributed by atoms with van der Waals surface area (Å²) >= 11 is 0. The van der Waals surface area contributed by atoms with Gasteiger partial charge in [0.05, 0.1) is 16.7 Å². The first kappa shape index (κ1) is 17.6. The van der Waals surface area contributed by atoms with Crippen LogP contribution in [0, 0.1) is 19.8 Å². The second kappa shape index (κ2) is 7.19. The summed E-state index contributed by atoms with van der Waals surface area (Å²) in [5.41, 5.74) is 3.89. The number of imidazole rings is 1. The molecule has 126 valence electrons. The summed E-state index contributed by atoms with van der Waals surface area (Å²) in [6.07, 6.45) is 2.61. The lowest BCUT2D eigenvalue weighted by Crippen LogP contribution is -2.30. The maximum Gasteiger partial charge on any atom is 0.323 e. The molecule has 0 saturated carbocycles. The highest BCUT2D eigenvalue weighted by atomic mass is 35.5. The Morgan fingerprint density at radius 3 is 2.65 bits per heavy atom. The van der Waals surface area contributed by atoms with Crippen molar-refractivity contribution in [3.05, 3.63) is 27.7 Å². The van der Waals surface area contributed by atoms with Crippen molar-refractivity contribution in [1.82, 2.24) is 15.3 Å². The van der Waals surface area contributed by atoms with Crippen molar-refractivity contribution in [3.63, 3.8) is 0 Å². The molecule has 0 spiro atoms. The molecule has 7 heteroatoms. The molecular weight excluding hydrogens is 316 g/mol. The minimum Gasteiger partial charge on any atom is -0.324 e. The summed E-state index contributed by atoms with van der Waals surface area (Å²) in [7, 11) is 0. The first-order chi connectivity index (χ1) is 10.5. The third-order valence-electron chi connectivity index (χ3n) is 4.53. The maximum atomic E-state index is 12.4. The first-order valence-corrected chi connectivity index (χ1v) is 7.77. The number of H-pyrrole nitrogens is 2. The lowest BCUT2D eigenvalue weighted by atomic mass is 9.94. The summed E-state index contributed by atoms with van der Waals surface area (Å²) in [5, 5.41) is 6.31. The maximum absolute atomic E-state index is 12.4. The van der Waals surface area contributed by atoms with Crippen LogP contribution in [0.5, 0.6) is 0 Å². The number of benzene rings is 1. The van der Waals surface area contributed by atoms with E-state index in [0.29, 0.717) is 23.5 Å². The molecule has 4 N–H and O–H groups in total. The van der Waals surface area contributed by atoms with E-state index in [-0.39, 0.29) is 24.0 Å². The van der Waals surface area contributed by atoms with Gasteiger partial charge in [0, 0.05) is 6.42 Å². The lowest BCUT2D eigenvalue weighted by Gasteiger charge is -2.22. The minimum atomic E-state index is -0.256. The van der Waals surface area contributed by atoms with E-state index in [2.05, 4.69) is 20.6 Å². The van der Waals surface area contributed by atoms with Crippen LogP contribution in [0.3, 0.4) is 0 Å². The molecule has 1 fully saturated rings. The van der Waals surface area contributed by atoms with Crippen LogP contribution in [0.15, 0.2) is 10.9 Å². The predicted octanol–water partition coefficient (Wildman–Crippen LogP) is 2.22. The van der Waals surface area contributed by atoms with E-state index in [1.807, 2.05) is 19.9 Å². The Hall–Kier alpha value is -1.79. The van der Waals surface area contributed by atoms with E-state index >= 15 is 0 Å². The summed E-state index contributed by atoms with van der Waals surface area (Å²) < 4.78 is 0. The number of nitrogens with one attached hydrogen (secondary N) is 4. The highest BCUT2D eigenvalue weighted by Gasteiger charge is 2.19. The summed E-state index contributed by atoms with van der Waals surface area (Å²) in [6, 6.07) is 1.92. The number of hydrogen-bond acceptors (Lipinski definition) is 3. The van der Waals surface area contributed by atoms with E-state index in [0.717, 1.165) is 42.6 Å². The van der Waals surface area contributed by atoms with Crippen molar-refractivity contribution in [1.29, 1.82) is 0 Å². The number of halogens is 1. The van der Waals surface area contributed by atoms with Gasteiger partial charge in [-0.3, -0.25) is 4.79 Å². The van der Waals surface area contributed by atoms with Gasteiger partial charge < -0.3 is 20.6 Å². The van der Waals surface area contributed by atoms with Crippen LogP contribution in [-0.2, 0) is 4.79 Å². The van der Waals surface area contributed by atoms with Crippen LogP contribution in [-0.4, -0.2) is 29.0 Å². The molecule has 0 aliphatic carbocycles. The first-order valence-electron chi connectivity index (χ1n) is 7.77. The highest BCUT2D eigenvalue weighted by Crippen LogP contribution is 2.27. The molecule has 0 bridgehead atoms. The summed E-state index contributed by atoms with van der Waals surface area (Å²) in [5.74, 6) is 0.455. The number of carbonyl (C=O) groups excluding carboxylic acids is 1. The van der Waals surface area contributed by atoms with Crippen molar-refractivity contribution >= 4 is 35.0 Å². The molecule has 0 unspecified atom stereocenters. The standard InChI is InChI=1S/C16H22N4O2.ClH/c1-9-7-12-15(20-16(22)18-12)14(10(9)2)19-13(21)8-11-3-5-17-6-4-11;/h7,11,17H,3-6,8H2,1-2H3,(H,19,21)(H2,18,20,22);1H. The largest absolute Gasteiger partial charge is 0.324 e. The Morgan fingerprint density at radius 1 is 1.26 bits per heavy atom. The Morgan fingerprint density at radius 2 is 1.96 bits per heavy atom. The van der Waals surface area contributed by atoms with E-state index in [9.17, 15) is 9.59 Å². The van der Waals surface area contributed by atoms with Crippen molar-refractivity contribution in [2.45, 2.75) is 33.1 Å². The number of aryl methyl sites for hydroxylation is 1. The molecule has 6 nitrogen and oxygen atoms in total. The Kier molecular flexibility index (Phi) is 5.49. The fraction of sp³-hybridized carbons (Fsp3) is 0.500. The average Bonchev–Trinajstić information content (AvgIpc) is 2.85. The van der Waals surface area contributed by atoms with Crippen LogP contribution < -0.4 is 16.3 Å². The molecule has 1 amide bonds. The number of rotatable bonds is 3. The van der Waals surface area contributed by atoms with E-state index in [1.165, 1.54) is 0 Å². The van der Waals surface area contributed by atoms with Gasteiger partial charge in [0.25, 0.3) is 0 Å². The number of amides is 1. The van der Waals surface area contributed by atoms with Gasteiger partial charge in [-0.15, -0.1) is 12.4 Å². The van der Waals surface area contributed by atoms with Gasteiger partial charge in [0.2, 0.25) is 5.91 Å². The monoisotopic (exact) mass is 338 g/mol. The molecular formula is C16H23ClN4O2. The van der Waals surface area contributed by atoms with Crippen molar-refractivity contribution in [3.8, 4) is 0 Å². The van der Waals surface area contributed by atoms with Crippen molar-refractivity contribution in [2.75, 3.05) is 18.4 Å². The number of aromatic amines is 2. The number of piperidine rings is 1. The Balaban J connectivity index is 0.00000192. The molecule has 23 heavy (non-hydrogen) atoms. The van der Waals surface area contributed by atoms with Crippen molar-refractivity contribution in [2.24, 2.45) is 5.92 Å². The van der Waals surface area contributed by atoms with Crippen LogP contribution in [0.25, 0.3) is 11.0 Å². The molecule has 1 aliphatic heterocycles. The number of aromatic nitrogens is 2. The second-order valence-corrected chi connectivity index (χ2v) is 6.14. The van der Waals surface area contributed by atoms with Gasteiger partial charge in [-0.25, -0.2) is 4.79 Å². The smallest absolute Gasteiger partial charge is 0.323 e. The van der Waals surface area contributed by atoms with Gasteiger partial charge in [0.15, 0.2) is 0 Å². The zero-order valence-corrected chi connectivity index (χ0v) is 14.2. The SMILES string of the molecule is Cc1cc2[nH]c(=O)[nH]c2c(NC(=O)CC2CCNCC2)c1C.Cl.